The van der Waals surface area contributed by atoms with Gasteiger partial charge in [-0.25, -0.2) is 8.42 Å². The highest BCUT2D eigenvalue weighted by Crippen LogP contribution is 2.26. The van der Waals surface area contributed by atoms with E-state index in [2.05, 4.69) is 4.72 Å². The zero-order valence-corrected chi connectivity index (χ0v) is 12.2. The third-order valence-electron chi connectivity index (χ3n) is 2.72. The van der Waals surface area contributed by atoms with Crippen LogP contribution in [0.2, 0.25) is 5.02 Å². The Balaban J connectivity index is 2.44. The average Bonchev–Trinajstić information content (AvgIpc) is 2.41. The van der Waals surface area contributed by atoms with Gasteiger partial charge in [0.15, 0.2) is 0 Å². The Hall–Kier alpha value is -2.03. The van der Waals surface area contributed by atoms with Crippen molar-refractivity contribution in [2.45, 2.75) is 11.8 Å². The first-order chi connectivity index (χ1) is 9.44. The molecule has 0 aromatic heterocycles. The van der Waals surface area contributed by atoms with Crippen LogP contribution in [0, 0.1) is 18.3 Å². The smallest absolute Gasteiger partial charge is 0.262 e. The number of nitrogens with one attached hydrogen (secondary N) is 1. The lowest BCUT2D eigenvalue weighted by Crippen LogP contribution is -2.14. The van der Waals surface area contributed by atoms with Gasteiger partial charge in [0.2, 0.25) is 0 Å². The van der Waals surface area contributed by atoms with Gasteiger partial charge in [0.25, 0.3) is 10.0 Å². The quantitative estimate of drug-likeness (QED) is 0.945. The minimum absolute atomic E-state index is 0.179. The van der Waals surface area contributed by atoms with Gasteiger partial charge in [-0.05, 0) is 36.8 Å². The number of anilines is 1. The molecule has 0 fully saturated rings. The summed E-state index contributed by atoms with van der Waals surface area (Å²) in [4.78, 5) is 0.179. The summed E-state index contributed by atoms with van der Waals surface area (Å²) in [5, 5.41) is 9.08. The predicted octanol–water partition coefficient (Wildman–Crippen LogP) is 3.32. The fraction of sp³-hybridized carbons (Fsp3) is 0.0714. The van der Waals surface area contributed by atoms with Crippen LogP contribution in [0.15, 0.2) is 47.4 Å². The molecule has 0 bridgehead atoms. The Bertz CT molecular complexity index is 795. The number of hydrogen-bond acceptors (Lipinski definition) is 3. The number of halogens is 1. The van der Waals surface area contributed by atoms with Crippen LogP contribution < -0.4 is 4.72 Å². The average molecular weight is 307 g/mol. The Morgan fingerprint density at radius 3 is 2.55 bits per heavy atom. The molecule has 20 heavy (non-hydrogen) atoms. The second kappa shape index (κ2) is 5.53. The highest BCUT2D eigenvalue weighted by atomic mass is 35.5. The molecule has 4 nitrogen and oxygen atoms in total. The summed E-state index contributed by atoms with van der Waals surface area (Å²) in [6.45, 7) is 1.71. The van der Waals surface area contributed by atoms with E-state index in [-0.39, 0.29) is 15.6 Å². The van der Waals surface area contributed by atoms with Crippen LogP contribution in [0.25, 0.3) is 0 Å². The van der Waals surface area contributed by atoms with Crippen molar-refractivity contribution < 1.29 is 8.42 Å². The molecule has 0 spiro atoms. The lowest BCUT2D eigenvalue weighted by atomic mass is 10.2. The summed E-state index contributed by atoms with van der Waals surface area (Å²) in [5.41, 5.74) is 1.15. The summed E-state index contributed by atoms with van der Waals surface area (Å²) in [7, 11) is -3.74. The van der Waals surface area contributed by atoms with Crippen molar-refractivity contribution in [3.8, 4) is 6.07 Å². The normalized spacial score (nSPS) is 10.8. The molecule has 0 aliphatic carbocycles. The van der Waals surface area contributed by atoms with Crippen LogP contribution in [0.3, 0.4) is 0 Å². The predicted molar refractivity (Wildman–Crippen MR) is 78.2 cm³/mol. The summed E-state index contributed by atoms with van der Waals surface area (Å²) >= 11 is 5.95. The highest BCUT2D eigenvalue weighted by Gasteiger charge is 2.17. The SMILES string of the molecule is Cc1ccccc1S(=O)(=O)Nc1cc(C#N)ccc1Cl. The van der Waals surface area contributed by atoms with E-state index in [0.717, 1.165) is 0 Å². The molecule has 0 saturated heterocycles. The van der Waals surface area contributed by atoms with Gasteiger partial charge in [0.05, 0.1) is 27.2 Å². The van der Waals surface area contributed by atoms with Crippen LogP contribution in [-0.4, -0.2) is 8.42 Å². The van der Waals surface area contributed by atoms with E-state index >= 15 is 0 Å². The zero-order chi connectivity index (χ0) is 14.8. The fourth-order valence-corrected chi connectivity index (χ4v) is 3.27. The molecule has 2 aromatic carbocycles. The van der Waals surface area contributed by atoms with Crippen LogP contribution in [0.4, 0.5) is 5.69 Å². The molecular formula is C14H11ClN2O2S. The van der Waals surface area contributed by atoms with E-state index < -0.39 is 10.0 Å². The molecule has 0 atom stereocenters. The first-order valence-corrected chi connectivity index (χ1v) is 7.58. The van der Waals surface area contributed by atoms with E-state index in [1.807, 2.05) is 6.07 Å². The maximum atomic E-state index is 12.3. The Morgan fingerprint density at radius 1 is 1.20 bits per heavy atom. The highest BCUT2D eigenvalue weighted by molar-refractivity contribution is 7.92. The molecule has 0 amide bonds. The molecule has 0 radical (unpaired) electrons. The van der Waals surface area contributed by atoms with E-state index in [1.165, 1.54) is 24.3 Å². The van der Waals surface area contributed by atoms with Gasteiger partial charge in [-0.2, -0.15) is 5.26 Å². The molecular weight excluding hydrogens is 296 g/mol. The molecule has 0 aliphatic rings. The largest absolute Gasteiger partial charge is 0.278 e. The van der Waals surface area contributed by atoms with Crippen LogP contribution in [-0.2, 0) is 10.0 Å². The van der Waals surface area contributed by atoms with Crippen LogP contribution >= 0.6 is 11.6 Å². The minimum atomic E-state index is -3.74. The molecule has 2 aromatic rings. The van der Waals surface area contributed by atoms with Crippen molar-refractivity contribution in [2.75, 3.05) is 4.72 Å². The van der Waals surface area contributed by atoms with Gasteiger partial charge in [0.1, 0.15) is 0 Å². The third-order valence-corrected chi connectivity index (χ3v) is 4.58. The standard InChI is InChI=1S/C14H11ClN2O2S/c1-10-4-2-3-5-14(10)20(18,19)17-13-8-11(9-16)6-7-12(13)15/h2-8,17H,1H3. The van der Waals surface area contributed by atoms with Crippen molar-refractivity contribution in [1.82, 2.24) is 0 Å². The van der Waals surface area contributed by atoms with Gasteiger partial charge in [-0.3, -0.25) is 4.72 Å². The second-order valence-electron chi connectivity index (χ2n) is 4.18. The third kappa shape index (κ3) is 2.93. The molecule has 0 heterocycles. The number of rotatable bonds is 3. The first kappa shape index (κ1) is 14.4. The maximum absolute atomic E-state index is 12.3. The molecule has 102 valence electrons. The van der Waals surface area contributed by atoms with Crippen LogP contribution in [0.1, 0.15) is 11.1 Å². The summed E-state index contributed by atoms with van der Waals surface area (Å²) in [6, 6.07) is 13.0. The Kier molecular flexibility index (Phi) is 3.98. The number of sulfonamides is 1. The van der Waals surface area contributed by atoms with Crippen molar-refractivity contribution in [3.63, 3.8) is 0 Å². The Labute approximate surface area is 122 Å². The number of aryl methyl sites for hydroxylation is 1. The van der Waals surface area contributed by atoms with Crippen molar-refractivity contribution in [1.29, 1.82) is 5.26 Å². The van der Waals surface area contributed by atoms with Crippen molar-refractivity contribution in [3.05, 3.63) is 58.6 Å². The summed E-state index contributed by atoms with van der Waals surface area (Å²) < 4.78 is 27.1. The number of nitrogens with zero attached hydrogens (tertiary/aromatic N) is 1. The van der Waals surface area contributed by atoms with Crippen LogP contribution in [0.5, 0.6) is 0 Å². The topological polar surface area (TPSA) is 70.0 Å². The van der Waals surface area contributed by atoms with Crippen molar-refractivity contribution in [2.24, 2.45) is 0 Å². The van der Waals surface area contributed by atoms with E-state index in [9.17, 15) is 8.42 Å². The molecule has 0 aliphatic heterocycles. The molecule has 2 rings (SSSR count). The van der Waals surface area contributed by atoms with E-state index in [1.54, 1.807) is 25.1 Å². The number of nitriles is 1. The molecule has 1 N–H and O–H groups in total. The van der Waals surface area contributed by atoms with E-state index in [4.69, 9.17) is 16.9 Å². The fourth-order valence-electron chi connectivity index (χ4n) is 1.73. The first-order valence-electron chi connectivity index (χ1n) is 5.72. The van der Waals surface area contributed by atoms with Gasteiger partial charge in [-0.1, -0.05) is 29.8 Å². The van der Waals surface area contributed by atoms with Gasteiger partial charge >= 0.3 is 0 Å². The summed E-state index contributed by atoms with van der Waals surface area (Å²) in [6.07, 6.45) is 0. The maximum Gasteiger partial charge on any atom is 0.262 e. The molecule has 6 heteroatoms. The van der Waals surface area contributed by atoms with Gasteiger partial charge in [-0.15, -0.1) is 0 Å². The molecule has 0 unspecified atom stereocenters. The van der Waals surface area contributed by atoms with Crippen molar-refractivity contribution >= 4 is 27.3 Å². The minimum Gasteiger partial charge on any atom is -0.278 e. The lowest BCUT2D eigenvalue weighted by molar-refractivity contribution is 0.600. The van der Waals surface area contributed by atoms with E-state index in [0.29, 0.717) is 11.1 Å². The second-order valence-corrected chi connectivity index (χ2v) is 6.24. The summed E-state index contributed by atoms with van der Waals surface area (Å²) in [5.74, 6) is 0. The number of benzene rings is 2. The lowest BCUT2D eigenvalue weighted by Gasteiger charge is -2.11. The number of hydrogen-bond donors (Lipinski definition) is 1. The van der Waals surface area contributed by atoms with Gasteiger partial charge in [0, 0.05) is 0 Å². The monoisotopic (exact) mass is 306 g/mol. The molecule has 0 saturated carbocycles. The van der Waals surface area contributed by atoms with Gasteiger partial charge < -0.3 is 0 Å². The zero-order valence-electron chi connectivity index (χ0n) is 10.6. The Morgan fingerprint density at radius 2 is 1.90 bits per heavy atom.